The second-order valence-electron chi connectivity index (χ2n) is 5.93. The van der Waals surface area contributed by atoms with Gasteiger partial charge >= 0.3 is 0 Å². The fraction of sp³-hybridized carbons (Fsp3) is 0.412. The van der Waals surface area contributed by atoms with Crippen molar-refractivity contribution in [1.82, 2.24) is 14.7 Å². The molecule has 24 heavy (non-hydrogen) atoms. The van der Waals surface area contributed by atoms with Gasteiger partial charge in [0.2, 0.25) is 5.91 Å². The minimum absolute atomic E-state index is 0.0509. The molecule has 1 aliphatic heterocycles. The van der Waals surface area contributed by atoms with Crippen LogP contribution >= 0.6 is 11.6 Å². The van der Waals surface area contributed by atoms with E-state index in [0.717, 1.165) is 18.7 Å². The van der Waals surface area contributed by atoms with Crippen LogP contribution < -0.4 is 5.32 Å². The van der Waals surface area contributed by atoms with E-state index in [1.807, 2.05) is 31.2 Å². The molecular formula is C17H21ClN4O2. The Balaban J connectivity index is 1.61. The largest absolute Gasteiger partial charge is 0.376 e. The number of anilines is 1. The van der Waals surface area contributed by atoms with Gasteiger partial charge in [0, 0.05) is 24.2 Å². The van der Waals surface area contributed by atoms with Crippen LogP contribution in [0.3, 0.4) is 0 Å². The van der Waals surface area contributed by atoms with Crippen molar-refractivity contribution >= 4 is 23.3 Å². The third kappa shape index (κ3) is 4.35. The Morgan fingerprint density at radius 2 is 2.25 bits per heavy atom. The Morgan fingerprint density at radius 1 is 1.42 bits per heavy atom. The van der Waals surface area contributed by atoms with Crippen LogP contribution in [-0.2, 0) is 16.1 Å². The van der Waals surface area contributed by atoms with Gasteiger partial charge in [-0.15, -0.1) is 0 Å². The number of benzene rings is 1. The Labute approximate surface area is 146 Å². The molecule has 1 unspecified atom stereocenters. The van der Waals surface area contributed by atoms with E-state index in [2.05, 4.69) is 15.3 Å². The molecule has 3 rings (SSSR count). The Kier molecular flexibility index (Phi) is 5.50. The zero-order valence-electron chi connectivity index (χ0n) is 13.6. The highest BCUT2D eigenvalue weighted by Gasteiger charge is 2.19. The molecule has 1 aliphatic rings. The summed E-state index contributed by atoms with van der Waals surface area (Å²) in [4.78, 5) is 14.4. The molecule has 1 aromatic heterocycles. The van der Waals surface area contributed by atoms with Crippen molar-refractivity contribution in [3.8, 4) is 0 Å². The number of halogens is 1. The molecule has 6 nitrogen and oxygen atoms in total. The summed E-state index contributed by atoms with van der Waals surface area (Å²) in [5.41, 5.74) is 0.959. The summed E-state index contributed by atoms with van der Waals surface area (Å²) < 4.78 is 7.23. The van der Waals surface area contributed by atoms with Crippen LogP contribution in [0.5, 0.6) is 0 Å². The summed E-state index contributed by atoms with van der Waals surface area (Å²) >= 11 is 6.19. The topological polar surface area (TPSA) is 59.4 Å². The fourth-order valence-corrected chi connectivity index (χ4v) is 2.97. The Hall–Kier alpha value is -1.89. The van der Waals surface area contributed by atoms with Crippen molar-refractivity contribution in [2.75, 3.05) is 31.6 Å². The maximum absolute atomic E-state index is 12.3. The van der Waals surface area contributed by atoms with E-state index in [9.17, 15) is 4.79 Å². The molecule has 1 saturated heterocycles. The maximum Gasteiger partial charge on any atom is 0.239 e. The number of carbonyl (C=O) groups is 1. The number of ether oxygens (including phenoxy) is 1. The predicted octanol–water partition coefficient (Wildman–Crippen LogP) is 2.24. The highest BCUT2D eigenvalue weighted by Crippen LogP contribution is 2.18. The fourth-order valence-electron chi connectivity index (χ4n) is 2.77. The van der Waals surface area contributed by atoms with Gasteiger partial charge in [-0.1, -0.05) is 29.8 Å². The molecule has 2 heterocycles. The molecule has 1 fully saturated rings. The number of nitrogens with one attached hydrogen (secondary N) is 1. The lowest BCUT2D eigenvalue weighted by Crippen LogP contribution is -2.44. The lowest BCUT2D eigenvalue weighted by atomic mass is 10.2. The number of aromatic nitrogens is 2. The molecule has 1 aromatic carbocycles. The van der Waals surface area contributed by atoms with Gasteiger partial charge in [0.25, 0.3) is 0 Å². The number of morpholine rings is 1. The van der Waals surface area contributed by atoms with Crippen LogP contribution in [-0.4, -0.2) is 52.9 Å². The smallest absolute Gasteiger partial charge is 0.239 e. The van der Waals surface area contributed by atoms with E-state index < -0.39 is 0 Å². The molecule has 1 atom stereocenters. The van der Waals surface area contributed by atoms with Crippen LogP contribution in [0, 0.1) is 0 Å². The van der Waals surface area contributed by atoms with Crippen molar-refractivity contribution in [3.05, 3.63) is 47.1 Å². The van der Waals surface area contributed by atoms with Crippen molar-refractivity contribution in [2.24, 2.45) is 0 Å². The Bertz CT molecular complexity index is 703. The molecule has 0 aliphatic carbocycles. The molecule has 128 valence electrons. The maximum atomic E-state index is 12.3. The molecule has 0 spiro atoms. The first kappa shape index (κ1) is 17.0. The normalized spacial score (nSPS) is 18.5. The highest BCUT2D eigenvalue weighted by molar-refractivity contribution is 6.31. The van der Waals surface area contributed by atoms with Crippen molar-refractivity contribution in [1.29, 1.82) is 0 Å². The molecule has 0 saturated carbocycles. The van der Waals surface area contributed by atoms with Crippen LogP contribution in [0.15, 0.2) is 36.5 Å². The van der Waals surface area contributed by atoms with E-state index in [0.29, 0.717) is 30.5 Å². The minimum atomic E-state index is -0.0509. The zero-order valence-corrected chi connectivity index (χ0v) is 14.4. The SMILES string of the molecule is CC1CN(CC(=O)Nc2ccnn2Cc2ccccc2Cl)CCO1. The first-order chi connectivity index (χ1) is 11.6. The number of hydrogen-bond acceptors (Lipinski definition) is 4. The van der Waals surface area contributed by atoms with Crippen LogP contribution in [0.4, 0.5) is 5.82 Å². The zero-order chi connectivity index (χ0) is 16.9. The van der Waals surface area contributed by atoms with E-state index in [1.165, 1.54) is 0 Å². The van der Waals surface area contributed by atoms with Crippen LogP contribution in [0.25, 0.3) is 0 Å². The van der Waals surface area contributed by atoms with E-state index in [1.54, 1.807) is 16.9 Å². The molecule has 0 radical (unpaired) electrons. The standard InChI is InChI=1S/C17H21ClN4O2/c1-13-10-21(8-9-24-13)12-17(23)20-16-6-7-19-22(16)11-14-4-2-3-5-15(14)18/h2-7,13H,8-12H2,1H3,(H,20,23). The van der Waals surface area contributed by atoms with Gasteiger partial charge in [-0.3, -0.25) is 9.69 Å². The van der Waals surface area contributed by atoms with Crippen LogP contribution in [0.1, 0.15) is 12.5 Å². The summed E-state index contributed by atoms with van der Waals surface area (Å²) in [6.45, 7) is 5.09. The molecule has 1 amide bonds. The Morgan fingerprint density at radius 3 is 3.04 bits per heavy atom. The van der Waals surface area contributed by atoms with Gasteiger partial charge < -0.3 is 10.1 Å². The first-order valence-electron chi connectivity index (χ1n) is 8.01. The lowest BCUT2D eigenvalue weighted by molar-refractivity contribution is -0.119. The van der Waals surface area contributed by atoms with Gasteiger partial charge in [0.15, 0.2) is 0 Å². The van der Waals surface area contributed by atoms with Crippen molar-refractivity contribution in [3.63, 3.8) is 0 Å². The average molecular weight is 349 g/mol. The van der Waals surface area contributed by atoms with Gasteiger partial charge in [0.1, 0.15) is 5.82 Å². The first-order valence-corrected chi connectivity index (χ1v) is 8.38. The third-order valence-corrected chi connectivity index (χ3v) is 4.32. The number of nitrogens with zero attached hydrogens (tertiary/aromatic N) is 3. The third-order valence-electron chi connectivity index (χ3n) is 3.95. The number of amides is 1. The second kappa shape index (κ2) is 7.79. The molecule has 2 aromatic rings. The summed E-state index contributed by atoms with van der Waals surface area (Å²) in [6.07, 6.45) is 1.83. The number of carbonyl (C=O) groups excluding carboxylic acids is 1. The molecule has 1 N–H and O–H groups in total. The summed E-state index contributed by atoms with van der Waals surface area (Å²) in [5.74, 6) is 0.617. The predicted molar refractivity (Wildman–Crippen MR) is 93.3 cm³/mol. The van der Waals surface area contributed by atoms with Gasteiger partial charge in [0.05, 0.1) is 32.0 Å². The van der Waals surface area contributed by atoms with Crippen molar-refractivity contribution in [2.45, 2.75) is 19.6 Å². The van der Waals surface area contributed by atoms with Crippen molar-refractivity contribution < 1.29 is 9.53 Å². The summed E-state index contributed by atoms with van der Waals surface area (Å²) in [7, 11) is 0. The lowest BCUT2D eigenvalue weighted by Gasteiger charge is -2.30. The monoisotopic (exact) mass is 348 g/mol. The minimum Gasteiger partial charge on any atom is -0.376 e. The number of hydrogen-bond donors (Lipinski definition) is 1. The van der Waals surface area contributed by atoms with Gasteiger partial charge in [-0.05, 0) is 18.6 Å². The average Bonchev–Trinajstić information content (AvgIpc) is 2.96. The van der Waals surface area contributed by atoms with Gasteiger partial charge in [-0.25, -0.2) is 4.68 Å². The van der Waals surface area contributed by atoms with Gasteiger partial charge in [-0.2, -0.15) is 5.10 Å². The van der Waals surface area contributed by atoms with E-state index in [-0.39, 0.29) is 12.0 Å². The second-order valence-corrected chi connectivity index (χ2v) is 6.34. The summed E-state index contributed by atoms with van der Waals surface area (Å²) in [6, 6.07) is 9.41. The van der Waals surface area contributed by atoms with Crippen LogP contribution in [0.2, 0.25) is 5.02 Å². The molecule has 7 heteroatoms. The molecule has 0 bridgehead atoms. The highest BCUT2D eigenvalue weighted by atomic mass is 35.5. The number of rotatable bonds is 5. The molecular weight excluding hydrogens is 328 g/mol. The summed E-state index contributed by atoms with van der Waals surface area (Å²) in [5, 5.41) is 7.89. The van der Waals surface area contributed by atoms with E-state index >= 15 is 0 Å². The quantitative estimate of drug-likeness (QED) is 0.900. The van der Waals surface area contributed by atoms with E-state index in [4.69, 9.17) is 16.3 Å².